The molecule has 0 fully saturated rings. The number of furan rings is 1. The summed E-state index contributed by atoms with van der Waals surface area (Å²) in [6, 6.07) is 12.9. The molecule has 0 unspecified atom stereocenters. The first-order valence-electron chi connectivity index (χ1n) is 7.23. The van der Waals surface area contributed by atoms with Gasteiger partial charge < -0.3 is 4.42 Å². The highest BCUT2D eigenvalue weighted by molar-refractivity contribution is 7.88. The first-order chi connectivity index (χ1) is 11.5. The van der Waals surface area contributed by atoms with E-state index in [0.29, 0.717) is 17.0 Å². The molecule has 1 N–H and O–H groups in total. The zero-order valence-corrected chi connectivity index (χ0v) is 13.5. The number of rotatable bonds is 6. The molecule has 0 amide bonds. The summed E-state index contributed by atoms with van der Waals surface area (Å²) >= 11 is 0. The lowest BCUT2D eigenvalue weighted by atomic mass is 10.2. The molecule has 1 aromatic carbocycles. The Morgan fingerprint density at radius 2 is 1.92 bits per heavy atom. The van der Waals surface area contributed by atoms with E-state index in [1.807, 2.05) is 0 Å². The molecule has 0 spiro atoms. The van der Waals surface area contributed by atoms with E-state index in [2.05, 4.69) is 9.71 Å². The van der Waals surface area contributed by atoms with Crippen LogP contribution in [0.1, 0.15) is 11.1 Å². The van der Waals surface area contributed by atoms with Gasteiger partial charge in [-0.25, -0.2) is 17.5 Å². The van der Waals surface area contributed by atoms with Gasteiger partial charge >= 0.3 is 0 Å². The highest BCUT2D eigenvalue weighted by Crippen LogP contribution is 2.17. The Balaban J connectivity index is 1.63. The van der Waals surface area contributed by atoms with Crippen LogP contribution in [0.5, 0.6) is 0 Å². The van der Waals surface area contributed by atoms with Gasteiger partial charge in [0, 0.05) is 18.3 Å². The molecule has 0 saturated heterocycles. The molecule has 3 aromatic rings. The minimum absolute atomic E-state index is 0.0855. The molecule has 7 heteroatoms. The van der Waals surface area contributed by atoms with Gasteiger partial charge in [-0.1, -0.05) is 24.3 Å². The summed E-state index contributed by atoms with van der Waals surface area (Å²) in [5, 5.41) is 0. The van der Waals surface area contributed by atoms with E-state index in [-0.39, 0.29) is 12.1 Å². The van der Waals surface area contributed by atoms with E-state index in [9.17, 15) is 12.8 Å². The van der Waals surface area contributed by atoms with Crippen molar-refractivity contribution in [1.82, 2.24) is 9.71 Å². The molecule has 0 aliphatic carbocycles. The minimum Gasteiger partial charge on any atom is -0.463 e. The third kappa shape index (κ3) is 4.06. The summed E-state index contributed by atoms with van der Waals surface area (Å²) in [4.78, 5) is 4.23. The van der Waals surface area contributed by atoms with Crippen molar-refractivity contribution in [3.8, 4) is 11.5 Å². The van der Waals surface area contributed by atoms with Crippen molar-refractivity contribution < 1.29 is 17.2 Å². The van der Waals surface area contributed by atoms with E-state index in [1.54, 1.807) is 42.8 Å². The second kappa shape index (κ2) is 6.94. The lowest BCUT2D eigenvalue weighted by Gasteiger charge is -2.08. The highest BCUT2D eigenvalue weighted by Gasteiger charge is 2.14. The van der Waals surface area contributed by atoms with Gasteiger partial charge in [0.1, 0.15) is 11.5 Å². The van der Waals surface area contributed by atoms with Crippen molar-refractivity contribution in [2.75, 3.05) is 0 Å². The lowest BCUT2D eigenvalue weighted by molar-refractivity contribution is 0.574. The summed E-state index contributed by atoms with van der Waals surface area (Å²) in [5.41, 5.74) is 1.50. The Kier molecular flexibility index (Phi) is 4.73. The van der Waals surface area contributed by atoms with Crippen molar-refractivity contribution >= 4 is 10.0 Å². The van der Waals surface area contributed by atoms with Crippen LogP contribution in [-0.2, 0) is 22.3 Å². The predicted octanol–water partition coefficient (Wildman–Crippen LogP) is 3.10. The van der Waals surface area contributed by atoms with Crippen LogP contribution in [0.2, 0.25) is 0 Å². The second-order valence-corrected chi connectivity index (χ2v) is 7.01. The first-order valence-corrected chi connectivity index (χ1v) is 8.88. The zero-order valence-electron chi connectivity index (χ0n) is 12.6. The molecule has 2 aromatic heterocycles. The molecule has 24 heavy (non-hydrogen) atoms. The number of aromatic nitrogens is 1. The zero-order chi connectivity index (χ0) is 17.0. The molecule has 124 valence electrons. The van der Waals surface area contributed by atoms with Crippen LogP contribution < -0.4 is 4.72 Å². The van der Waals surface area contributed by atoms with Crippen molar-refractivity contribution in [2.24, 2.45) is 0 Å². The number of nitrogens with one attached hydrogen (secondary N) is 1. The fraction of sp³-hybridized carbons (Fsp3) is 0.118. The van der Waals surface area contributed by atoms with Crippen LogP contribution in [0, 0.1) is 5.82 Å². The standard InChI is InChI=1S/C17H15FN2O3S/c18-15-5-2-1-4-14(15)12-24(21,22)20-11-13-7-8-16(19-10-13)17-6-3-9-23-17/h1-10,20H,11-12H2. The maximum Gasteiger partial charge on any atom is 0.216 e. The van der Waals surface area contributed by atoms with Gasteiger partial charge in [0.2, 0.25) is 10.0 Å². The average Bonchev–Trinajstić information content (AvgIpc) is 3.10. The lowest BCUT2D eigenvalue weighted by Crippen LogP contribution is -2.25. The Bertz CT molecular complexity index is 907. The number of benzene rings is 1. The number of pyridine rings is 1. The van der Waals surface area contributed by atoms with E-state index in [4.69, 9.17) is 4.42 Å². The number of sulfonamides is 1. The van der Waals surface area contributed by atoms with Gasteiger partial charge in [0.05, 0.1) is 12.0 Å². The summed E-state index contributed by atoms with van der Waals surface area (Å²) in [6.07, 6.45) is 3.13. The minimum atomic E-state index is -3.64. The summed E-state index contributed by atoms with van der Waals surface area (Å²) < 4.78 is 45.4. The molecule has 0 aliphatic rings. The smallest absolute Gasteiger partial charge is 0.216 e. The van der Waals surface area contributed by atoms with Crippen LogP contribution >= 0.6 is 0 Å². The maximum atomic E-state index is 13.6. The van der Waals surface area contributed by atoms with Gasteiger partial charge in [-0.3, -0.25) is 4.98 Å². The molecule has 0 atom stereocenters. The summed E-state index contributed by atoms with van der Waals surface area (Å²) in [5.74, 6) is -0.300. The third-order valence-electron chi connectivity index (χ3n) is 3.40. The Morgan fingerprint density at radius 1 is 1.08 bits per heavy atom. The summed E-state index contributed by atoms with van der Waals surface area (Å²) in [6.45, 7) is 0.0855. The van der Waals surface area contributed by atoms with E-state index in [1.165, 1.54) is 18.2 Å². The van der Waals surface area contributed by atoms with Crippen molar-refractivity contribution in [1.29, 1.82) is 0 Å². The number of hydrogen-bond donors (Lipinski definition) is 1. The van der Waals surface area contributed by atoms with E-state index >= 15 is 0 Å². The van der Waals surface area contributed by atoms with Crippen molar-refractivity contribution in [3.63, 3.8) is 0 Å². The Hall–Kier alpha value is -2.51. The van der Waals surface area contributed by atoms with Crippen LogP contribution in [0.25, 0.3) is 11.5 Å². The maximum absolute atomic E-state index is 13.6. The van der Waals surface area contributed by atoms with Crippen LogP contribution in [-0.4, -0.2) is 13.4 Å². The summed E-state index contributed by atoms with van der Waals surface area (Å²) in [7, 11) is -3.64. The van der Waals surface area contributed by atoms with Gasteiger partial charge in [-0.2, -0.15) is 0 Å². The monoisotopic (exact) mass is 346 g/mol. The molecule has 5 nitrogen and oxygen atoms in total. The molecular weight excluding hydrogens is 331 g/mol. The van der Waals surface area contributed by atoms with Crippen molar-refractivity contribution in [2.45, 2.75) is 12.3 Å². The van der Waals surface area contributed by atoms with Gasteiger partial charge in [0.25, 0.3) is 0 Å². The quantitative estimate of drug-likeness (QED) is 0.744. The van der Waals surface area contributed by atoms with Crippen molar-refractivity contribution in [3.05, 3.63) is 77.9 Å². The molecular formula is C17H15FN2O3S. The molecule has 3 rings (SSSR count). The van der Waals surface area contributed by atoms with Crippen LogP contribution in [0.4, 0.5) is 4.39 Å². The molecule has 0 radical (unpaired) electrons. The second-order valence-electron chi connectivity index (χ2n) is 5.20. The molecule has 0 aliphatic heterocycles. The topological polar surface area (TPSA) is 72.2 Å². The Morgan fingerprint density at radius 3 is 2.58 bits per heavy atom. The van der Waals surface area contributed by atoms with Gasteiger partial charge in [0.15, 0.2) is 5.76 Å². The van der Waals surface area contributed by atoms with E-state index in [0.717, 1.165) is 0 Å². The van der Waals surface area contributed by atoms with E-state index < -0.39 is 21.6 Å². The van der Waals surface area contributed by atoms with Crippen LogP contribution in [0.3, 0.4) is 0 Å². The molecule has 0 saturated carbocycles. The van der Waals surface area contributed by atoms with Gasteiger partial charge in [-0.15, -0.1) is 0 Å². The predicted molar refractivity (Wildman–Crippen MR) is 87.8 cm³/mol. The number of halogens is 1. The van der Waals surface area contributed by atoms with Gasteiger partial charge in [-0.05, 0) is 29.8 Å². The highest BCUT2D eigenvalue weighted by atomic mass is 32.2. The molecule has 2 heterocycles. The SMILES string of the molecule is O=S(=O)(Cc1ccccc1F)NCc1ccc(-c2ccco2)nc1. The average molecular weight is 346 g/mol. The van der Waals surface area contributed by atoms with Crippen LogP contribution in [0.15, 0.2) is 65.4 Å². The Labute approximate surface area is 139 Å². The normalized spacial score (nSPS) is 11.5. The number of hydrogen-bond acceptors (Lipinski definition) is 4. The largest absolute Gasteiger partial charge is 0.463 e. The fourth-order valence-electron chi connectivity index (χ4n) is 2.16. The molecule has 0 bridgehead atoms. The third-order valence-corrected chi connectivity index (χ3v) is 4.67. The number of nitrogens with zero attached hydrogens (tertiary/aromatic N) is 1. The fourth-order valence-corrected chi connectivity index (χ4v) is 3.30. The first kappa shape index (κ1) is 16.4.